The molecule has 0 aliphatic heterocycles. The first-order valence-electron chi connectivity index (χ1n) is 11.1. The quantitative estimate of drug-likeness (QED) is 0.175. The second-order valence-electron chi connectivity index (χ2n) is 8.68. The fourth-order valence-corrected chi connectivity index (χ4v) is 6.32. The van der Waals surface area contributed by atoms with Crippen LogP contribution < -0.4 is 0 Å². The van der Waals surface area contributed by atoms with Gasteiger partial charge in [0.15, 0.2) is 0 Å². The van der Waals surface area contributed by atoms with E-state index < -0.39 is 56.4 Å². The third-order valence-electron chi connectivity index (χ3n) is 3.19. The molecular weight excluding hydrogens is 526 g/mol. The van der Waals surface area contributed by atoms with Gasteiger partial charge in [-0.25, -0.2) is 9.13 Å². The predicted octanol–water partition coefficient (Wildman–Crippen LogP) is 4.88. The minimum atomic E-state index is -4.37. The number of phosphoric ester groups is 2. The van der Waals surface area contributed by atoms with E-state index in [-0.39, 0.29) is 26.4 Å². The second-order valence-corrected chi connectivity index (χ2v) is 20.8. The van der Waals surface area contributed by atoms with Crippen molar-refractivity contribution in [1.29, 1.82) is 0 Å². The van der Waals surface area contributed by atoms with Gasteiger partial charge in [0.25, 0.3) is 0 Å². The summed E-state index contributed by atoms with van der Waals surface area (Å²) in [6, 6.07) is 0. The molecule has 2 atom stereocenters. The maximum absolute atomic E-state index is 13.2. The van der Waals surface area contributed by atoms with E-state index in [1.54, 1.807) is 39.3 Å². The van der Waals surface area contributed by atoms with Gasteiger partial charge in [-0.3, -0.25) is 36.7 Å². The molecular formula is C18H40O12P2Si2. The van der Waals surface area contributed by atoms with Crippen molar-refractivity contribution < 1.29 is 54.7 Å². The molecule has 16 heteroatoms. The number of rotatable bonds is 17. The van der Waals surface area contributed by atoms with E-state index in [0.29, 0.717) is 0 Å². The Morgan fingerprint density at radius 3 is 1.00 bits per heavy atom. The van der Waals surface area contributed by atoms with Crippen LogP contribution in [-0.2, 0) is 54.7 Å². The van der Waals surface area contributed by atoms with Gasteiger partial charge in [-0.1, -0.05) is 0 Å². The molecule has 0 saturated carbocycles. The van der Waals surface area contributed by atoms with Gasteiger partial charge in [0.05, 0.1) is 26.4 Å². The molecule has 2 unspecified atom stereocenters. The maximum atomic E-state index is 13.2. The lowest BCUT2D eigenvalue weighted by Crippen LogP contribution is -2.49. The van der Waals surface area contributed by atoms with Gasteiger partial charge in [-0.2, -0.15) is 0 Å². The summed E-state index contributed by atoms with van der Waals surface area (Å²) in [5.41, 5.74) is 0. The Morgan fingerprint density at radius 1 is 0.588 bits per heavy atom. The molecule has 0 amide bonds. The first kappa shape index (κ1) is 33.6. The van der Waals surface area contributed by atoms with Gasteiger partial charge in [-0.05, 0) is 67.0 Å². The molecule has 0 N–H and O–H groups in total. The molecule has 0 bridgehead atoms. The average Bonchev–Trinajstić information content (AvgIpc) is 2.62. The monoisotopic (exact) mass is 566 g/mol. The lowest BCUT2D eigenvalue weighted by Gasteiger charge is -2.32. The van der Waals surface area contributed by atoms with Crippen molar-refractivity contribution in [3.8, 4) is 0 Å². The molecule has 0 saturated heterocycles. The van der Waals surface area contributed by atoms with Gasteiger partial charge < -0.3 is 8.85 Å². The Balaban J connectivity index is 6.63. The zero-order valence-electron chi connectivity index (χ0n) is 21.8. The summed E-state index contributed by atoms with van der Waals surface area (Å²) in [6.07, 6.45) is -4.04. The third-order valence-corrected chi connectivity index (χ3v) is 8.08. The van der Waals surface area contributed by atoms with Crippen molar-refractivity contribution in [2.24, 2.45) is 0 Å². The second kappa shape index (κ2) is 14.4. The average molecular weight is 567 g/mol. The number of phosphoric acid groups is 2. The SMILES string of the molecule is CCOP(=O)(OCC)OC(C(=O)O[Si](C)(C)C)C(OP(=O)(OCC)OCC)C(=O)O[Si](C)(C)C. The predicted molar refractivity (Wildman–Crippen MR) is 130 cm³/mol. The number of hydrogen-bond donors (Lipinski definition) is 0. The van der Waals surface area contributed by atoms with Crippen molar-refractivity contribution in [3.63, 3.8) is 0 Å². The van der Waals surface area contributed by atoms with Crippen LogP contribution in [0.5, 0.6) is 0 Å². The molecule has 202 valence electrons. The van der Waals surface area contributed by atoms with E-state index >= 15 is 0 Å². The molecule has 0 aromatic heterocycles. The molecule has 0 rings (SSSR count). The first-order valence-corrected chi connectivity index (χ1v) is 20.8. The van der Waals surface area contributed by atoms with Gasteiger partial charge in [0.2, 0.25) is 28.8 Å². The maximum Gasteiger partial charge on any atom is 0.475 e. The Hall–Kier alpha value is -0.406. The van der Waals surface area contributed by atoms with Crippen LogP contribution in [0.4, 0.5) is 0 Å². The summed E-state index contributed by atoms with van der Waals surface area (Å²) >= 11 is 0. The molecule has 0 aliphatic carbocycles. The lowest BCUT2D eigenvalue weighted by atomic mass is 10.2. The normalized spacial score (nSPS) is 15.0. The third kappa shape index (κ3) is 13.1. The van der Waals surface area contributed by atoms with Gasteiger partial charge in [-0.15, -0.1) is 0 Å². The van der Waals surface area contributed by atoms with Crippen LogP contribution in [0.2, 0.25) is 39.3 Å². The fraction of sp³-hybridized carbons (Fsp3) is 0.889. The zero-order valence-corrected chi connectivity index (χ0v) is 25.6. The van der Waals surface area contributed by atoms with Crippen LogP contribution in [-0.4, -0.2) is 67.2 Å². The smallest absolute Gasteiger partial charge is 0.475 e. The summed E-state index contributed by atoms with van der Waals surface area (Å²) in [4.78, 5) is 26.3. The molecule has 0 aliphatic rings. The molecule has 0 heterocycles. The first-order chi connectivity index (χ1) is 15.4. The van der Waals surface area contributed by atoms with Gasteiger partial charge in [0, 0.05) is 0 Å². The standard InChI is InChI=1S/C18H40O12P2Si2/c1-11-23-31(21,24-12-2)27-15(17(19)29-33(5,6)7)16(18(20)30-34(8,9)10)28-32(22,25-13-3)26-14-4/h15-16H,11-14H2,1-10H3. The molecule has 0 aromatic carbocycles. The highest BCUT2D eigenvalue weighted by Crippen LogP contribution is 2.54. The molecule has 0 aromatic rings. The summed E-state index contributed by atoms with van der Waals surface area (Å²) < 4.78 is 68.6. The number of carbonyl (C=O) groups excluding carboxylic acids is 2. The molecule has 0 radical (unpaired) electrons. The summed E-state index contributed by atoms with van der Waals surface area (Å²) in [5, 5.41) is 0. The van der Waals surface area contributed by atoms with Gasteiger partial charge in [0.1, 0.15) is 0 Å². The highest BCUT2D eigenvalue weighted by atomic mass is 31.2. The van der Waals surface area contributed by atoms with Crippen molar-refractivity contribution >= 4 is 44.2 Å². The van der Waals surface area contributed by atoms with E-state index in [1.165, 1.54) is 27.7 Å². The summed E-state index contributed by atoms with van der Waals surface area (Å²) in [6.45, 7) is 16.1. The van der Waals surface area contributed by atoms with Crippen LogP contribution in [0, 0.1) is 0 Å². The zero-order chi connectivity index (χ0) is 26.8. The highest BCUT2D eigenvalue weighted by Gasteiger charge is 2.49. The molecule has 0 fully saturated rings. The topological polar surface area (TPSA) is 142 Å². The van der Waals surface area contributed by atoms with Crippen molar-refractivity contribution in [3.05, 3.63) is 0 Å². The Morgan fingerprint density at radius 2 is 0.824 bits per heavy atom. The van der Waals surface area contributed by atoms with E-state index in [1.807, 2.05) is 0 Å². The van der Waals surface area contributed by atoms with Crippen LogP contribution in [0.25, 0.3) is 0 Å². The van der Waals surface area contributed by atoms with E-state index in [0.717, 1.165) is 0 Å². The molecule has 12 nitrogen and oxygen atoms in total. The molecule has 0 spiro atoms. The fourth-order valence-electron chi connectivity index (χ4n) is 2.27. The van der Waals surface area contributed by atoms with Crippen LogP contribution >= 0.6 is 15.6 Å². The van der Waals surface area contributed by atoms with E-state index in [2.05, 4.69) is 0 Å². The van der Waals surface area contributed by atoms with Crippen LogP contribution in [0.3, 0.4) is 0 Å². The van der Waals surface area contributed by atoms with Crippen molar-refractivity contribution in [1.82, 2.24) is 0 Å². The Kier molecular flexibility index (Phi) is 14.2. The van der Waals surface area contributed by atoms with Crippen LogP contribution in [0.1, 0.15) is 27.7 Å². The Bertz CT molecular complexity index is 668. The number of hydrogen-bond acceptors (Lipinski definition) is 12. The molecule has 34 heavy (non-hydrogen) atoms. The summed E-state index contributed by atoms with van der Waals surface area (Å²) in [7, 11) is -13.8. The highest BCUT2D eigenvalue weighted by molar-refractivity contribution is 7.49. The summed E-state index contributed by atoms with van der Waals surface area (Å²) in [5.74, 6) is -2.17. The minimum absolute atomic E-state index is 0.0890. The van der Waals surface area contributed by atoms with Crippen molar-refractivity contribution in [2.45, 2.75) is 79.2 Å². The lowest BCUT2D eigenvalue weighted by molar-refractivity contribution is -0.162. The number of carbonyl (C=O) groups is 2. The van der Waals surface area contributed by atoms with Gasteiger partial charge >= 0.3 is 27.6 Å². The van der Waals surface area contributed by atoms with Crippen molar-refractivity contribution in [2.75, 3.05) is 26.4 Å². The largest absolute Gasteiger partial charge is 0.518 e. The van der Waals surface area contributed by atoms with E-state index in [9.17, 15) is 18.7 Å². The van der Waals surface area contributed by atoms with E-state index in [4.69, 9.17) is 36.0 Å². The minimum Gasteiger partial charge on any atom is -0.518 e. The Labute approximate surface area is 204 Å². The van der Waals surface area contributed by atoms with Crippen LogP contribution in [0.15, 0.2) is 0 Å².